The van der Waals surface area contributed by atoms with Crippen LogP contribution in [0.1, 0.15) is 49.2 Å². The van der Waals surface area contributed by atoms with E-state index in [0.29, 0.717) is 31.1 Å². The number of aromatic nitrogens is 5. The SMILES string of the molecule is COCCCOc1cc2c(cc1OC)-c1cc(=O)c(C(=O)Nc3nnn[nH]3)cn1C(C(C)(C)C)C2. The molecule has 11 heteroatoms. The Morgan fingerprint density at radius 2 is 2.00 bits per heavy atom. The van der Waals surface area contributed by atoms with E-state index in [1.54, 1.807) is 20.4 Å². The van der Waals surface area contributed by atoms with Crippen molar-refractivity contribution < 1.29 is 19.0 Å². The molecule has 2 aromatic heterocycles. The highest BCUT2D eigenvalue weighted by molar-refractivity contribution is 6.03. The lowest BCUT2D eigenvalue weighted by Gasteiger charge is -2.39. The average Bonchev–Trinajstić information content (AvgIpc) is 3.32. The van der Waals surface area contributed by atoms with Gasteiger partial charge in [-0.1, -0.05) is 25.9 Å². The third kappa shape index (κ3) is 5.04. The number of nitrogens with zero attached hydrogens (tertiary/aromatic N) is 4. The number of benzene rings is 1. The second-order valence-electron chi connectivity index (χ2n) is 9.49. The number of rotatable bonds is 8. The molecule has 0 aliphatic carbocycles. The molecule has 1 aromatic carbocycles. The quantitative estimate of drug-likeness (QED) is 0.468. The monoisotopic (exact) mass is 482 g/mol. The van der Waals surface area contributed by atoms with Gasteiger partial charge >= 0.3 is 0 Å². The van der Waals surface area contributed by atoms with Crippen LogP contribution in [0.2, 0.25) is 0 Å². The minimum Gasteiger partial charge on any atom is -0.493 e. The molecule has 35 heavy (non-hydrogen) atoms. The van der Waals surface area contributed by atoms with Crippen LogP contribution in [0.5, 0.6) is 11.5 Å². The van der Waals surface area contributed by atoms with E-state index in [1.165, 1.54) is 6.07 Å². The first-order valence-corrected chi connectivity index (χ1v) is 11.4. The van der Waals surface area contributed by atoms with Gasteiger partial charge in [-0.3, -0.25) is 14.9 Å². The van der Waals surface area contributed by atoms with Gasteiger partial charge in [0.1, 0.15) is 5.56 Å². The fourth-order valence-electron chi connectivity index (χ4n) is 4.28. The number of H-pyrrole nitrogens is 1. The molecule has 11 nitrogen and oxygen atoms in total. The van der Waals surface area contributed by atoms with Crippen molar-refractivity contribution in [2.24, 2.45) is 5.41 Å². The molecule has 0 bridgehead atoms. The second-order valence-corrected chi connectivity index (χ2v) is 9.49. The number of carbonyl (C=O) groups is 1. The Morgan fingerprint density at radius 3 is 2.66 bits per heavy atom. The van der Waals surface area contributed by atoms with E-state index in [1.807, 2.05) is 16.7 Å². The van der Waals surface area contributed by atoms with Gasteiger partial charge in [-0.2, -0.15) is 0 Å². The summed E-state index contributed by atoms with van der Waals surface area (Å²) in [6.45, 7) is 7.52. The number of carbonyl (C=O) groups excluding carboxylic acids is 1. The van der Waals surface area contributed by atoms with Crippen LogP contribution >= 0.6 is 0 Å². The molecule has 3 heterocycles. The lowest BCUT2D eigenvalue weighted by molar-refractivity contribution is 0.102. The van der Waals surface area contributed by atoms with Gasteiger partial charge in [-0.05, 0) is 40.0 Å². The van der Waals surface area contributed by atoms with Crippen LogP contribution < -0.4 is 20.2 Å². The van der Waals surface area contributed by atoms with Crippen molar-refractivity contribution in [2.45, 2.75) is 39.7 Å². The molecular weight excluding hydrogens is 452 g/mol. The third-order valence-electron chi connectivity index (χ3n) is 6.07. The minimum atomic E-state index is -0.584. The first-order chi connectivity index (χ1) is 16.7. The molecule has 0 saturated heterocycles. The van der Waals surface area contributed by atoms with E-state index in [9.17, 15) is 9.59 Å². The molecule has 3 aromatic rings. The number of fused-ring (bicyclic) bond motifs is 3. The Hall–Kier alpha value is -3.73. The maximum absolute atomic E-state index is 13.0. The first-order valence-electron chi connectivity index (χ1n) is 11.4. The lowest BCUT2D eigenvalue weighted by Crippen LogP contribution is -2.33. The Bertz CT molecular complexity index is 1260. The predicted octanol–water partition coefficient (Wildman–Crippen LogP) is 2.85. The number of tetrazole rings is 1. The zero-order valence-corrected chi connectivity index (χ0v) is 20.5. The van der Waals surface area contributed by atoms with Crippen LogP contribution in [0.15, 0.2) is 29.2 Å². The zero-order valence-electron chi connectivity index (χ0n) is 20.5. The standard InChI is InChI=1S/C24H30N6O5/c1-24(2,3)21-10-14-9-20(35-8-6-7-33-4)19(34-5)11-15(14)17-12-18(31)16(13-30(17)21)22(32)25-23-26-28-29-27-23/h9,11-13,21H,6-8,10H2,1-5H3,(H2,25,26,27,28,29,32). The molecule has 0 saturated carbocycles. The van der Waals surface area contributed by atoms with Gasteiger partial charge in [0.2, 0.25) is 5.95 Å². The summed E-state index contributed by atoms with van der Waals surface area (Å²) in [7, 11) is 3.25. The smallest absolute Gasteiger partial charge is 0.263 e. The Labute approximate surface area is 202 Å². The summed E-state index contributed by atoms with van der Waals surface area (Å²) >= 11 is 0. The van der Waals surface area contributed by atoms with Crippen LogP contribution in [0, 0.1) is 5.41 Å². The van der Waals surface area contributed by atoms with E-state index in [2.05, 4.69) is 46.7 Å². The minimum absolute atomic E-state index is 0.00733. The summed E-state index contributed by atoms with van der Waals surface area (Å²) in [5.74, 6) is 0.716. The van der Waals surface area contributed by atoms with Crippen LogP contribution in [0.25, 0.3) is 11.3 Å². The van der Waals surface area contributed by atoms with E-state index in [-0.39, 0.29) is 23.0 Å². The van der Waals surface area contributed by atoms with Crippen molar-refractivity contribution in [2.75, 3.05) is 32.8 Å². The van der Waals surface area contributed by atoms with Crippen molar-refractivity contribution in [3.63, 3.8) is 0 Å². The Morgan fingerprint density at radius 1 is 1.20 bits per heavy atom. The van der Waals surface area contributed by atoms with Gasteiger partial charge in [0, 0.05) is 44.0 Å². The van der Waals surface area contributed by atoms with E-state index < -0.39 is 11.3 Å². The number of hydrogen-bond donors (Lipinski definition) is 2. The Kier molecular flexibility index (Phi) is 6.88. The topological polar surface area (TPSA) is 133 Å². The molecule has 1 aliphatic rings. The lowest BCUT2D eigenvalue weighted by atomic mass is 9.78. The fourth-order valence-corrected chi connectivity index (χ4v) is 4.28. The van der Waals surface area contributed by atoms with Crippen LogP contribution in [-0.4, -0.2) is 58.5 Å². The van der Waals surface area contributed by atoms with Crippen molar-refractivity contribution in [1.29, 1.82) is 0 Å². The number of nitrogens with one attached hydrogen (secondary N) is 2. The number of methoxy groups -OCH3 is 2. The number of amides is 1. The molecule has 0 radical (unpaired) electrons. The van der Waals surface area contributed by atoms with Crippen molar-refractivity contribution in [3.8, 4) is 22.8 Å². The molecule has 4 rings (SSSR count). The molecule has 1 atom stereocenters. The average molecular weight is 483 g/mol. The summed E-state index contributed by atoms with van der Waals surface area (Å²) in [5, 5.41) is 15.5. The highest BCUT2D eigenvalue weighted by Gasteiger charge is 2.34. The maximum Gasteiger partial charge on any atom is 0.263 e. The molecule has 186 valence electrons. The first kappa shape index (κ1) is 24.4. The maximum atomic E-state index is 13.0. The van der Waals surface area contributed by atoms with Crippen molar-refractivity contribution in [3.05, 3.63) is 45.7 Å². The molecule has 0 spiro atoms. The predicted molar refractivity (Wildman–Crippen MR) is 129 cm³/mol. The van der Waals surface area contributed by atoms with Gasteiger partial charge < -0.3 is 18.8 Å². The molecule has 0 fully saturated rings. The van der Waals surface area contributed by atoms with Gasteiger partial charge in [-0.25, -0.2) is 5.10 Å². The highest BCUT2D eigenvalue weighted by atomic mass is 16.5. The highest BCUT2D eigenvalue weighted by Crippen LogP contribution is 2.45. The van der Waals surface area contributed by atoms with Crippen molar-refractivity contribution in [1.82, 2.24) is 25.2 Å². The zero-order chi connectivity index (χ0) is 25.2. The fraction of sp³-hybridized carbons (Fsp3) is 0.458. The van der Waals surface area contributed by atoms with E-state index in [4.69, 9.17) is 14.2 Å². The summed E-state index contributed by atoms with van der Waals surface area (Å²) < 4.78 is 18.7. The number of pyridine rings is 1. The summed E-state index contributed by atoms with van der Waals surface area (Å²) in [5.41, 5.74) is 2.09. The molecule has 2 N–H and O–H groups in total. The van der Waals surface area contributed by atoms with Crippen LogP contribution in [0.4, 0.5) is 5.95 Å². The van der Waals surface area contributed by atoms with Gasteiger partial charge in [0.25, 0.3) is 5.91 Å². The van der Waals surface area contributed by atoms with E-state index in [0.717, 1.165) is 23.2 Å². The summed E-state index contributed by atoms with van der Waals surface area (Å²) in [6, 6.07) is 5.37. The largest absolute Gasteiger partial charge is 0.493 e. The molecule has 1 amide bonds. The van der Waals surface area contributed by atoms with Crippen LogP contribution in [0.3, 0.4) is 0 Å². The normalized spacial score (nSPS) is 14.7. The summed E-state index contributed by atoms with van der Waals surface area (Å²) in [4.78, 5) is 25.9. The number of anilines is 1. The molecular formula is C24H30N6O5. The van der Waals surface area contributed by atoms with Gasteiger partial charge in [0.05, 0.1) is 19.4 Å². The van der Waals surface area contributed by atoms with Crippen LogP contribution in [-0.2, 0) is 11.2 Å². The Balaban J connectivity index is 1.78. The van der Waals surface area contributed by atoms with Gasteiger partial charge in [-0.15, -0.1) is 0 Å². The van der Waals surface area contributed by atoms with E-state index >= 15 is 0 Å². The number of aromatic amines is 1. The molecule has 1 aliphatic heterocycles. The number of ether oxygens (including phenoxy) is 3. The second kappa shape index (κ2) is 9.87. The third-order valence-corrected chi connectivity index (χ3v) is 6.07. The van der Waals surface area contributed by atoms with Gasteiger partial charge in [0.15, 0.2) is 16.9 Å². The summed E-state index contributed by atoms with van der Waals surface area (Å²) in [6.07, 6.45) is 3.08. The molecule has 1 unspecified atom stereocenters. The number of hydrogen-bond acceptors (Lipinski definition) is 8. The van der Waals surface area contributed by atoms with Crippen molar-refractivity contribution >= 4 is 11.9 Å².